The van der Waals surface area contributed by atoms with Crippen LogP contribution in [0.3, 0.4) is 0 Å². The van der Waals surface area contributed by atoms with Gasteiger partial charge in [0.15, 0.2) is 0 Å². The van der Waals surface area contributed by atoms with Crippen molar-refractivity contribution in [2.45, 2.75) is 32.7 Å². The zero-order valence-corrected chi connectivity index (χ0v) is 9.62. The van der Waals surface area contributed by atoms with E-state index in [1.54, 1.807) is 7.11 Å². The molecule has 0 N–H and O–H groups in total. The number of aromatic nitrogens is 1. The van der Waals surface area contributed by atoms with Gasteiger partial charge in [0.25, 0.3) is 0 Å². The molecule has 2 rings (SSSR count). The highest BCUT2D eigenvalue weighted by Crippen LogP contribution is 1.99. The number of hydrogen-bond donors (Lipinski definition) is 0. The fraction of sp³-hybridized carbons (Fsp3) is 0.538. The summed E-state index contributed by atoms with van der Waals surface area (Å²) in [5.41, 5.74) is 1.40. The highest BCUT2D eigenvalue weighted by molar-refractivity contribution is 5.39. The lowest BCUT2D eigenvalue weighted by molar-refractivity contribution is 0.190. The maximum atomic E-state index is 5.08. The molecule has 0 saturated heterocycles. The Labute approximate surface area is 90.9 Å². The van der Waals surface area contributed by atoms with E-state index < -0.39 is 0 Å². The summed E-state index contributed by atoms with van der Waals surface area (Å²) >= 11 is 0. The van der Waals surface area contributed by atoms with Gasteiger partial charge < -0.3 is 9.30 Å². The number of nitrogens with zero attached hydrogens (tertiary/aromatic N) is 1. The maximum absolute atomic E-state index is 5.08. The molecule has 0 bridgehead atoms. The first-order valence-electron chi connectivity index (χ1n) is 5.68. The van der Waals surface area contributed by atoms with E-state index in [4.69, 9.17) is 4.74 Å². The van der Waals surface area contributed by atoms with Crippen molar-refractivity contribution in [1.82, 2.24) is 4.57 Å². The topological polar surface area (TPSA) is 14.2 Å². The maximum Gasteiger partial charge on any atom is 0.0479 e. The van der Waals surface area contributed by atoms with Gasteiger partial charge >= 0.3 is 0 Å². The minimum Gasteiger partial charge on any atom is -0.385 e. The van der Waals surface area contributed by atoms with E-state index in [0.717, 1.165) is 19.6 Å². The third-order valence-corrected chi connectivity index (χ3v) is 2.96. The second kappa shape index (κ2) is 4.67. The van der Waals surface area contributed by atoms with Gasteiger partial charge in [-0.15, -0.1) is 0 Å². The Morgan fingerprint density at radius 1 is 1.33 bits per heavy atom. The lowest BCUT2D eigenvalue weighted by Gasteiger charge is -2.04. The van der Waals surface area contributed by atoms with Crippen molar-refractivity contribution in [2.75, 3.05) is 13.7 Å². The smallest absolute Gasteiger partial charge is 0.0479 e. The van der Waals surface area contributed by atoms with E-state index >= 15 is 0 Å². The third-order valence-electron chi connectivity index (χ3n) is 2.96. The predicted molar refractivity (Wildman–Crippen MR) is 63.1 cm³/mol. The molecule has 0 fully saturated rings. The van der Waals surface area contributed by atoms with Crippen LogP contribution in [-0.4, -0.2) is 18.3 Å². The highest BCUT2D eigenvalue weighted by Gasteiger charge is 2.03. The average molecular weight is 205 g/mol. The molecule has 0 unspecified atom stereocenters. The molecular weight excluding hydrogens is 186 g/mol. The zero-order chi connectivity index (χ0) is 10.7. The molecule has 2 nitrogen and oxygen atoms in total. The van der Waals surface area contributed by atoms with Crippen LogP contribution in [0.15, 0.2) is 6.20 Å². The van der Waals surface area contributed by atoms with Gasteiger partial charge in [-0.1, -0.05) is 12.2 Å². The molecule has 15 heavy (non-hydrogen) atoms. The molecule has 82 valence electrons. The van der Waals surface area contributed by atoms with Crippen LogP contribution in [0.2, 0.25) is 0 Å². The van der Waals surface area contributed by atoms with Gasteiger partial charge in [-0.3, -0.25) is 0 Å². The molecule has 0 amide bonds. The molecule has 0 aliphatic heterocycles. The summed E-state index contributed by atoms with van der Waals surface area (Å²) in [6.07, 6.45) is 10.4. The number of hydrogen-bond acceptors (Lipinski definition) is 1. The predicted octanol–water partition coefficient (Wildman–Crippen LogP) is 1.19. The molecule has 0 saturated carbocycles. The summed E-state index contributed by atoms with van der Waals surface area (Å²) in [6.45, 7) is 4.10. The number of methoxy groups -OCH3 is 1. The molecule has 1 aromatic heterocycles. The molecule has 1 aliphatic carbocycles. The molecule has 0 atom stereocenters. The average Bonchev–Trinajstić information content (AvgIpc) is 2.58. The Kier molecular flexibility index (Phi) is 3.27. The van der Waals surface area contributed by atoms with Gasteiger partial charge in [-0.05, 0) is 37.0 Å². The van der Waals surface area contributed by atoms with E-state index in [1.807, 2.05) is 0 Å². The van der Waals surface area contributed by atoms with E-state index in [2.05, 4.69) is 29.8 Å². The fourth-order valence-corrected chi connectivity index (χ4v) is 2.23. The SMILES string of the molecule is COCCCn1cc(C)c2c1=CCCC=2. The Morgan fingerprint density at radius 2 is 2.13 bits per heavy atom. The number of rotatable bonds is 4. The van der Waals surface area contributed by atoms with Gasteiger partial charge in [0.2, 0.25) is 0 Å². The van der Waals surface area contributed by atoms with Crippen LogP contribution in [0, 0.1) is 6.92 Å². The first kappa shape index (κ1) is 10.5. The Hall–Kier alpha value is -1.02. The van der Waals surface area contributed by atoms with Crippen molar-refractivity contribution in [1.29, 1.82) is 0 Å². The van der Waals surface area contributed by atoms with Crippen molar-refractivity contribution in [3.63, 3.8) is 0 Å². The first-order chi connectivity index (χ1) is 7.33. The number of ether oxygens (including phenoxy) is 1. The minimum atomic E-state index is 0.843. The van der Waals surface area contributed by atoms with Crippen LogP contribution in [-0.2, 0) is 11.3 Å². The van der Waals surface area contributed by atoms with Crippen LogP contribution >= 0.6 is 0 Å². The summed E-state index contributed by atoms with van der Waals surface area (Å²) in [4.78, 5) is 0. The quantitative estimate of drug-likeness (QED) is 0.673. The molecule has 0 aromatic carbocycles. The zero-order valence-electron chi connectivity index (χ0n) is 9.62. The molecule has 1 aromatic rings. The molecule has 0 radical (unpaired) electrons. The summed E-state index contributed by atoms with van der Waals surface area (Å²) < 4.78 is 7.44. The van der Waals surface area contributed by atoms with Crippen LogP contribution in [0.5, 0.6) is 0 Å². The van der Waals surface area contributed by atoms with Gasteiger partial charge in [0.1, 0.15) is 0 Å². The lowest BCUT2D eigenvalue weighted by atomic mass is 10.1. The van der Waals surface area contributed by atoms with Crippen molar-refractivity contribution in [3.8, 4) is 0 Å². The van der Waals surface area contributed by atoms with Crippen LogP contribution in [0.25, 0.3) is 12.2 Å². The standard InChI is InChI=1S/C13H19NO/c1-11-10-14(8-5-9-15-2)13-7-4-3-6-12(11)13/h6-7,10H,3-5,8-9H2,1-2H3. The highest BCUT2D eigenvalue weighted by atomic mass is 16.5. The van der Waals surface area contributed by atoms with Crippen LogP contribution < -0.4 is 10.6 Å². The van der Waals surface area contributed by atoms with Crippen molar-refractivity contribution < 1.29 is 4.74 Å². The molecule has 1 aliphatic rings. The second-order valence-corrected chi connectivity index (χ2v) is 4.14. The second-order valence-electron chi connectivity index (χ2n) is 4.14. The normalized spacial score (nSPS) is 14.3. The summed E-state index contributed by atoms with van der Waals surface area (Å²) in [5.74, 6) is 0. The van der Waals surface area contributed by atoms with E-state index in [1.165, 1.54) is 29.0 Å². The largest absolute Gasteiger partial charge is 0.385 e. The Balaban J connectivity index is 2.26. The van der Waals surface area contributed by atoms with Gasteiger partial charge in [0.05, 0.1) is 0 Å². The van der Waals surface area contributed by atoms with Gasteiger partial charge in [-0.2, -0.15) is 0 Å². The molecule has 2 heteroatoms. The van der Waals surface area contributed by atoms with Crippen molar-refractivity contribution >= 4 is 12.2 Å². The van der Waals surface area contributed by atoms with E-state index in [-0.39, 0.29) is 0 Å². The summed E-state index contributed by atoms with van der Waals surface area (Å²) in [5, 5.41) is 2.86. The van der Waals surface area contributed by atoms with E-state index in [9.17, 15) is 0 Å². The Morgan fingerprint density at radius 3 is 2.93 bits per heavy atom. The molecule has 1 heterocycles. The summed E-state index contributed by atoms with van der Waals surface area (Å²) in [6, 6.07) is 0. The lowest BCUT2D eigenvalue weighted by Crippen LogP contribution is -2.31. The van der Waals surface area contributed by atoms with Crippen molar-refractivity contribution in [2.24, 2.45) is 0 Å². The fourth-order valence-electron chi connectivity index (χ4n) is 2.23. The first-order valence-corrected chi connectivity index (χ1v) is 5.68. The Bertz CT molecular complexity index is 442. The molecule has 0 spiro atoms. The van der Waals surface area contributed by atoms with Crippen molar-refractivity contribution in [3.05, 3.63) is 22.3 Å². The van der Waals surface area contributed by atoms with Crippen LogP contribution in [0.4, 0.5) is 0 Å². The van der Waals surface area contributed by atoms with Gasteiger partial charge in [-0.25, -0.2) is 0 Å². The monoisotopic (exact) mass is 205 g/mol. The number of aryl methyl sites for hydroxylation is 2. The molecular formula is C13H19NO. The van der Waals surface area contributed by atoms with E-state index in [0.29, 0.717) is 0 Å². The number of fused-ring (bicyclic) bond motifs is 1. The van der Waals surface area contributed by atoms with Crippen LogP contribution in [0.1, 0.15) is 24.8 Å². The third kappa shape index (κ3) is 2.15. The minimum absolute atomic E-state index is 0.843. The summed E-state index contributed by atoms with van der Waals surface area (Å²) in [7, 11) is 1.76. The van der Waals surface area contributed by atoms with Gasteiger partial charge in [0, 0.05) is 31.8 Å².